The molecule has 4 nitrogen and oxygen atoms in total. The molecule has 0 saturated heterocycles. The molecule has 0 atom stereocenters. The second-order valence-electron chi connectivity index (χ2n) is 8.42. The highest BCUT2D eigenvalue weighted by Gasteiger charge is 2.10. The van der Waals surface area contributed by atoms with Gasteiger partial charge in [0.1, 0.15) is 11.3 Å². The topological polar surface area (TPSA) is 72.0 Å². The summed E-state index contributed by atoms with van der Waals surface area (Å²) in [4.78, 5) is 9.17. The summed E-state index contributed by atoms with van der Waals surface area (Å²) < 4.78 is 0. The van der Waals surface area contributed by atoms with Crippen LogP contribution in [0.1, 0.15) is 22.3 Å². The summed E-state index contributed by atoms with van der Waals surface area (Å²) >= 11 is 0. The summed E-state index contributed by atoms with van der Waals surface area (Å²) in [6.45, 7) is 4.18. The molecule has 0 spiro atoms. The molecule has 0 radical (unpaired) electrons. The Labute approximate surface area is 187 Å². The molecule has 0 aliphatic heterocycles. The SMILES string of the molecule is Cc1ccc2c(c1)nc(N)c1ncc(CCc3ccc(-c4ccccc4O)cc3C)cc12. The van der Waals surface area contributed by atoms with Gasteiger partial charge in [0.05, 0.1) is 5.52 Å². The molecule has 5 aromatic rings. The van der Waals surface area contributed by atoms with Gasteiger partial charge < -0.3 is 10.8 Å². The lowest BCUT2D eigenvalue weighted by atomic mass is 9.95. The third-order valence-electron chi connectivity index (χ3n) is 6.11. The van der Waals surface area contributed by atoms with E-state index in [1.54, 1.807) is 6.07 Å². The van der Waals surface area contributed by atoms with Crippen molar-refractivity contribution in [3.63, 3.8) is 0 Å². The van der Waals surface area contributed by atoms with Crippen LogP contribution in [0.15, 0.2) is 72.9 Å². The minimum absolute atomic E-state index is 0.304. The van der Waals surface area contributed by atoms with E-state index in [0.717, 1.165) is 51.3 Å². The molecule has 5 rings (SSSR count). The second-order valence-corrected chi connectivity index (χ2v) is 8.42. The average Bonchev–Trinajstić information content (AvgIpc) is 2.78. The van der Waals surface area contributed by atoms with Crippen LogP contribution in [0, 0.1) is 13.8 Å². The van der Waals surface area contributed by atoms with Crippen LogP contribution in [0.3, 0.4) is 0 Å². The number of rotatable bonds is 4. The number of hydrogen-bond donors (Lipinski definition) is 2. The summed E-state index contributed by atoms with van der Waals surface area (Å²) in [5.41, 5.74) is 14.6. The number of aromatic nitrogens is 2. The number of nitrogens with zero attached hydrogens (tertiary/aromatic N) is 2. The fourth-order valence-corrected chi connectivity index (χ4v) is 4.34. The molecule has 32 heavy (non-hydrogen) atoms. The van der Waals surface area contributed by atoms with Crippen molar-refractivity contribution in [2.45, 2.75) is 26.7 Å². The van der Waals surface area contributed by atoms with E-state index in [0.29, 0.717) is 11.6 Å². The highest BCUT2D eigenvalue weighted by Crippen LogP contribution is 2.31. The van der Waals surface area contributed by atoms with Crippen molar-refractivity contribution >= 4 is 27.6 Å². The van der Waals surface area contributed by atoms with Crippen LogP contribution < -0.4 is 5.73 Å². The maximum atomic E-state index is 10.2. The monoisotopic (exact) mass is 419 g/mol. The normalized spacial score (nSPS) is 11.3. The molecular formula is C28H25N3O. The summed E-state index contributed by atoms with van der Waals surface area (Å²) in [7, 11) is 0. The molecule has 0 aliphatic carbocycles. The Balaban J connectivity index is 1.44. The molecule has 0 bridgehead atoms. The lowest BCUT2D eigenvalue weighted by molar-refractivity contribution is 0.477. The number of nitrogens with two attached hydrogens (primary N) is 1. The Kier molecular flexibility index (Phi) is 4.98. The number of hydrogen-bond acceptors (Lipinski definition) is 4. The molecule has 4 heteroatoms. The predicted octanol–water partition coefficient (Wildman–Crippen LogP) is 6.14. The van der Waals surface area contributed by atoms with Crippen molar-refractivity contribution in [1.29, 1.82) is 0 Å². The van der Waals surface area contributed by atoms with E-state index in [-0.39, 0.29) is 0 Å². The van der Waals surface area contributed by atoms with Crippen LogP contribution in [-0.4, -0.2) is 15.1 Å². The Morgan fingerprint density at radius 1 is 0.875 bits per heavy atom. The van der Waals surface area contributed by atoms with Crippen LogP contribution >= 0.6 is 0 Å². The van der Waals surface area contributed by atoms with E-state index in [2.05, 4.69) is 66.3 Å². The molecule has 158 valence electrons. The Bertz CT molecular complexity index is 1470. The minimum Gasteiger partial charge on any atom is -0.507 e. The number of nitrogen functional groups attached to an aromatic ring is 1. The van der Waals surface area contributed by atoms with E-state index in [1.807, 2.05) is 24.4 Å². The molecular weight excluding hydrogens is 394 g/mol. The van der Waals surface area contributed by atoms with Crippen LogP contribution in [0.4, 0.5) is 5.82 Å². The van der Waals surface area contributed by atoms with Gasteiger partial charge in [-0.2, -0.15) is 0 Å². The first-order valence-electron chi connectivity index (χ1n) is 10.8. The number of phenols is 1. The standard InChI is InChI=1S/C28H25N3O/c1-17-7-12-23-24-15-19(16-30-27(24)28(29)31-25(23)13-17)8-9-20-10-11-21(14-18(20)2)22-5-3-4-6-26(22)32/h3-7,10-16,32H,8-9H2,1-2H3,(H2,29,31). The summed E-state index contributed by atoms with van der Waals surface area (Å²) in [5.74, 6) is 0.776. The molecule has 0 amide bonds. The molecule has 0 unspecified atom stereocenters. The first-order chi connectivity index (χ1) is 15.5. The van der Waals surface area contributed by atoms with Gasteiger partial charge in [0.2, 0.25) is 0 Å². The summed E-state index contributed by atoms with van der Waals surface area (Å²) in [6.07, 6.45) is 3.71. The lowest BCUT2D eigenvalue weighted by Crippen LogP contribution is -1.99. The number of pyridine rings is 2. The van der Waals surface area contributed by atoms with Gasteiger partial charge in [0.25, 0.3) is 0 Å². The highest BCUT2D eigenvalue weighted by molar-refractivity contribution is 6.08. The molecule has 0 saturated carbocycles. The van der Waals surface area contributed by atoms with E-state index in [9.17, 15) is 5.11 Å². The number of fused-ring (bicyclic) bond motifs is 3. The Morgan fingerprint density at radius 2 is 1.72 bits per heavy atom. The fourth-order valence-electron chi connectivity index (χ4n) is 4.34. The number of anilines is 1. The van der Waals surface area contributed by atoms with E-state index in [1.165, 1.54) is 16.7 Å². The first kappa shape index (κ1) is 20.0. The predicted molar refractivity (Wildman–Crippen MR) is 132 cm³/mol. The van der Waals surface area contributed by atoms with Crippen molar-refractivity contribution in [1.82, 2.24) is 9.97 Å². The van der Waals surface area contributed by atoms with Crippen molar-refractivity contribution in [3.05, 3.63) is 95.2 Å². The van der Waals surface area contributed by atoms with Crippen LogP contribution in [0.2, 0.25) is 0 Å². The second kappa shape index (κ2) is 7.97. The molecule has 0 fully saturated rings. The van der Waals surface area contributed by atoms with Gasteiger partial charge in [-0.05, 0) is 72.7 Å². The fraction of sp³-hybridized carbons (Fsp3) is 0.143. The van der Waals surface area contributed by atoms with Gasteiger partial charge in [-0.1, -0.05) is 48.5 Å². The molecule has 0 aliphatic rings. The van der Waals surface area contributed by atoms with Gasteiger partial charge >= 0.3 is 0 Å². The van der Waals surface area contributed by atoms with Crippen molar-refractivity contribution in [3.8, 4) is 16.9 Å². The Morgan fingerprint density at radius 3 is 2.53 bits per heavy atom. The number of aryl methyl sites for hydroxylation is 4. The smallest absolute Gasteiger partial charge is 0.150 e. The maximum Gasteiger partial charge on any atom is 0.150 e. The van der Waals surface area contributed by atoms with Crippen LogP contribution in [0.25, 0.3) is 32.9 Å². The van der Waals surface area contributed by atoms with Gasteiger partial charge in [-0.15, -0.1) is 0 Å². The molecule has 3 N–H and O–H groups in total. The van der Waals surface area contributed by atoms with E-state index >= 15 is 0 Å². The quantitative estimate of drug-likeness (QED) is 0.343. The molecule has 2 heterocycles. The third-order valence-corrected chi connectivity index (χ3v) is 6.11. The maximum absolute atomic E-state index is 10.2. The van der Waals surface area contributed by atoms with Gasteiger partial charge in [0.15, 0.2) is 5.82 Å². The summed E-state index contributed by atoms with van der Waals surface area (Å²) in [5, 5.41) is 12.3. The number of phenolic OH excluding ortho intramolecular Hbond substituents is 1. The third kappa shape index (κ3) is 3.65. The molecule has 3 aromatic carbocycles. The number of para-hydroxylation sites is 1. The first-order valence-corrected chi connectivity index (χ1v) is 10.8. The van der Waals surface area contributed by atoms with Gasteiger partial charge in [-0.25, -0.2) is 4.98 Å². The zero-order chi connectivity index (χ0) is 22.2. The van der Waals surface area contributed by atoms with E-state index in [4.69, 9.17) is 5.73 Å². The highest BCUT2D eigenvalue weighted by atomic mass is 16.3. The van der Waals surface area contributed by atoms with Crippen molar-refractivity contribution < 1.29 is 5.11 Å². The zero-order valence-corrected chi connectivity index (χ0v) is 18.3. The van der Waals surface area contributed by atoms with Crippen molar-refractivity contribution in [2.24, 2.45) is 0 Å². The van der Waals surface area contributed by atoms with Crippen LogP contribution in [-0.2, 0) is 12.8 Å². The lowest BCUT2D eigenvalue weighted by Gasteiger charge is -2.11. The van der Waals surface area contributed by atoms with E-state index < -0.39 is 0 Å². The van der Waals surface area contributed by atoms with Gasteiger partial charge in [0, 0.05) is 22.5 Å². The Hall–Kier alpha value is -3.92. The zero-order valence-electron chi connectivity index (χ0n) is 18.3. The minimum atomic E-state index is 0.304. The molecule has 2 aromatic heterocycles. The van der Waals surface area contributed by atoms with Gasteiger partial charge in [-0.3, -0.25) is 4.98 Å². The number of benzene rings is 3. The average molecular weight is 420 g/mol. The summed E-state index contributed by atoms with van der Waals surface area (Å²) in [6, 6.07) is 22.3. The largest absolute Gasteiger partial charge is 0.507 e. The number of aromatic hydroxyl groups is 1. The van der Waals surface area contributed by atoms with Crippen molar-refractivity contribution in [2.75, 3.05) is 5.73 Å². The van der Waals surface area contributed by atoms with Crippen LogP contribution in [0.5, 0.6) is 5.75 Å².